The number of hydrogen-bond donors (Lipinski definition) is 0. The smallest absolute Gasteiger partial charge is 0.410 e. The molecule has 1 heterocycles. The first-order valence-corrected chi connectivity index (χ1v) is 4.20. The maximum atomic E-state index is 11.1. The number of carbonyl (C=O) groups is 2. The first-order chi connectivity index (χ1) is 5.84. The summed E-state index contributed by atoms with van der Waals surface area (Å²) in [6.07, 6.45) is 3.48. The van der Waals surface area contributed by atoms with E-state index < -0.39 is 0 Å². The van der Waals surface area contributed by atoms with Crippen LogP contribution in [0.1, 0.15) is 19.3 Å². The van der Waals surface area contributed by atoms with Crippen LogP contribution in [0, 0.1) is 0 Å². The van der Waals surface area contributed by atoms with Crippen molar-refractivity contribution < 1.29 is 14.3 Å². The molecule has 0 aromatic heterocycles. The third-order valence-electron chi connectivity index (χ3n) is 1.89. The summed E-state index contributed by atoms with van der Waals surface area (Å²) in [6, 6.07) is 0. The number of likely N-dealkylation sites (tertiary alicyclic amines) is 1. The van der Waals surface area contributed by atoms with Gasteiger partial charge in [0.1, 0.15) is 6.61 Å². The van der Waals surface area contributed by atoms with E-state index >= 15 is 0 Å². The van der Waals surface area contributed by atoms with Crippen LogP contribution in [-0.4, -0.2) is 37.0 Å². The molecule has 0 unspecified atom stereocenters. The Morgan fingerprint density at radius 3 is 2.58 bits per heavy atom. The fraction of sp³-hybridized carbons (Fsp3) is 0.750. The lowest BCUT2D eigenvalue weighted by molar-refractivity contribution is -0.110. The molecule has 0 bridgehead atoms. The lowest BCUT2D eigenvalue weighted by Crippen LogP contribution is -2.36. The van der Waals surface area contributed by atoms with E-state index in [1.165, 1.54) is 6.42 Å². The largest absolute Gasteiger partial charge is 0.442 e. The van der Waals surface area contributed by atoms with Gasteiger partial charge in [0.2, 0.25) is 0 Å². The molecule has 1 aliphatic heterocycles. The molecule has 0 radical (unpaired) electrons. The number of hydrogen-bond acceptors (Lipinski definition) is 3. The summed E-state index contributed by atoms with van der Waals surface area (Å²) < 4.78 is 4.65. The van der Waals surface area contributed by atoms with Crippen molar-refractivity contribution in [2.75, 3.05) is 19.7 Å². The summed E-state index contributed by atoms with van der Waals surface area (Å²) in [4.78, 5) is 22.6. The number of ether oxygens (including phenoxy) is 1. The van der Waals surface area contributed by atoms with E-state index in [9.17, 15) is 9.59 Å². The number of nitrogens with zero attached hydrogens (tertiary/aromatic N) is 1. The molecule has 1 amide bonds. The van der Waals surface area contributed by atoms with E-state index in [1.807, 2.05) is 0 Å². The molecule has 0 atom stereocenters. The van der Waals surface area contributed by atoms with Gasteiger partial charge in [0.15, 0.2) is 6.29 Å². The minimum atomic E-state index is -0.359. The summed E-state index contributed by atoms with van der Waals surface area (Å²) in [6.45, 7) is 1.39. The Labute approximate surface area is 71.5 Å². The Hall–Kier alpha value is -1.06. The maximum Gasteiger partial charge on any atom is 0.410 e. The molecule has 12 heavy (non-hydrogen) atoms. The van der Waals surface area contributed by atoms with Gasteiger partial charge in [-0.3, -0.25) is 4.79 Å². The minimum absolute atomic E-state index is 0.130. The normalized spacial score (nSPS) is 17.2. The molecule has 4 heteroatoms. The van der Waals surface area contributed by atoms with Gasteiger partial charge in [-0.05, 0) is 19.3 Å². The summed E-state index contributed by atoms with van der Waals surface area (Å²) in [5, 5.41) is 0. The topological polar surface area (TPSA) is 46.6 Å². The molecule has 0 saturated carbocycles. The van der Waals surface area contributed by atoms with Crippen LogP contribution in [-0.2, 0) is 9.53 Å². The highest BCUT2D eigenvalue weighted by Crippen LogP contribution is 2.09. The van der Waals surface area contributed by atoms with Crippen LogP contribution in [0.2, 0.25) is 0 Å². The van der Waals surface area contributed by atoms with Crippen LogP contribution < -0.4 is 0 Å². The fourth-order valence-electron chi connectivity index (χ4n) is 1.27. The quantitative estimate of drug-likeness (QED) is 0.577. The van der Waals surface area contributed by atoms with Crippen LogP contribution >= 0.6 is 0 Å². The zero-order chi connectivity index (χ0) is 8.81. The van der Waals surface area contributed by atoms with Gasteiger partial charge in [-0.15, -0.1) is 0 Å². The van der Waals surface area contributed by atoms with Crippen LogP contribution in [0.5, 0.6) is 0 Å². The molecule has 0 aliphatic carbocycles. The van der Waals surface area contributed by atoms with Crippen LogP contribution in [0.25, 0.3) is 0 Å². The summed E-state index contributed by atoms with van der Waals surface area (Å²) >= 11 is 0. The average molecular weight is 171 g/mol. The average Bonchev–Trinajstić information content (AvgIpc) is 2.15. The second-order valence-corrected chi connectivity index (χ2v) is 2.79. The van der Waals surface area contributed by atoms with Crippen LogP contribution in [0.3, 0.4) is 0 Å². The van der Waals surface area contributed by atoms with Gasteiger partial charge in [0.25, 0.3) is 0 Å². The molecule has 1 rings (SSSR count). The fourth-order valence-corrected chi connectivity index (χ4v) is 1.27. The summed E-state index contributed by atoms with van der Waals surface area (Å²) in [5.74, 6) is 0. The second kappa shape index (κ2) is 4.74. The standard InChI is InChI=1S/C8H13NO3/c10-6-7-12-8(11)9-4-2-1-3-5-9/h6H,1-5,7H2. The van der Waals surface area contributed by atoms with Gasteiger partial charge >= 0.3 is 6.09 Å². The number of amides is 1. The lowest BCUT2D eigenvalue weighted by Gasteiger charge is -2.25. The van der Waals surface area contributed by atoms with Crippen molar-refractivity contribution >= 4 is 12.4 Å². The molecule has 0 spiro atoms. The van der Waals surface area contributed by atoms with Crippen molar-refractivity contribution in [3.63, 3.8) is 0 Å². The number of carbonyl (C=O) groups excluding carboxylic acids is 2. The predicted octanol–water partition coefficient (Wildman–Crippen LogP) is 0.808. The van der Waals surface area contributed by atoms with Crippen molar-refractivity contribution in [3.8, 4) is 0 Å². The highest BCUT2D eigenvalue weighted by molar-refractivity contribution is 5.69. The van der Waals surface area contributed by atoms with Crippen molar-refractivity contribution in [2.24, 2.45) is 0 Å². The monoisotopic (exact) mass is 171 g/mol. The van der Waals surface area contributed by atoms with Gasteiger partial charge in [-0.2, -0.15) is 0 Å². The third kappa shape index (κ3) is 2.53. The van der Waals surface area contributed by atoms with E-state index in [2.05, 4.69) is 4.74 Å². The molecular weight excluding hydrogens is 158 g/mol. The summed E-state index contributed by atoms with van der Waals surface area (Å²) in [5.41, 5.74) is 0. The van der Waals surface area contributed by atoms with Gasteiger partial charge in [0.05, 0.1) is 0 Å². The molecule has 1 aliphatic rings. The highest BCUT2D eigenvalue weighted by Gasteiger charge is 2.16. The minimum Gasteiger partial charge on any atom is -0.442 e. The van der Waals surface area contributed by atoms with E-state index in [4.69, 9.17) is 0 Å². The number of aldehydes is 1. The van der Waals surface area contributed by atoms with Gasteiger partial charge in [-0.1, -0.05) is 0 Å². The van der Waals surface area contributed by atoms with Crippen LogP contribution in [0.4, 0.5) is 4.79 Å². The summed E-state index contributed by atoms with van der Waals surface area (Å²) in [7, 11) is 0. The van der Waals surface area contributed by atoms with E-state index in [-0.39, 0.29) is 12.7 Å². The molecule has 0 aromatic carbocycles. The Balaban J connectivity index is 2.24. The first kappa shape index (κ1) is 9.03. The van der Waals surface area contributed by atoms with Crippen LogP contribution in [0.15, 0.2) is 0 Å². The van der Waals surface area contributed by atoms with E-state index in [1.54, 1.807) is 4.90 Å². The zero-order valence-corrected chi connectivity index (χ0v) is 6.99. The van der Waals surface area contributed by atoms with Crippen molar-refractivity contribution in [1.29, 1.82) is 0 Å². The van der Waals surface area contributed by atoms with Gasteiger partial charge in [-0.25, -0.2) is 4.79 Å². The SMILES string of the molecule is O=CCOC(=O)N1CCCCC1. The van der Waals surface area contributed by atoms with E-state index in [0.717, 1.165) is 25.9 Å². The van der Waals surface area contributed by atoms with Gasteiger partial charge < -0.3 is 9.64 Å². The lowest BCUT2D eigenvalue weighted by atomic mass is 10.1. The Bertz CT molecular complexity index is 164. The van der Waals surface area contributed by atoms with Gasteiger partial charge in [0, 0.05) is 13.1 Å². The van der Waals surface area contributed by atoms with Crippen molar-refractivity contribution in [3.05, 3.63) is 0 Å². The zero-order valence-electron chi connectivity index (χ0n) is 6.99. The molecule has 0 N–H and O–H groups in total. The molecular formula is C8H13NO3. The Morgan fingerprint density at radius 1 is 1.33 bits per heavy atom. The van der Waals surface area contributed by atoms with Crippen molar-refractivity contribution in [2.45, 2.75) is 19.3 Å². The molecule has 68 valence electrons. The maximum absolute atomic E-state index is 11.1. The van der Waals surface area contributed by atoms with Crippen molar-refractivity contribution in [1.82, 2.24) is 4.90 Å². The molecule has 1 saturated heterocycles. The van der Waals surface area contributed by atoms with E-state index in [0.29, 0.717) is 6.29 Å². The predicted molar refractivity (Wildman–Crippen MR) is 42.8 cm³/mol. The number of rotatable bonds is 2. The first-order valence-electron chi connectivity index (χ1n) is 4.20. The number of piperidine rings is 1. The Kier molecular flexibility index (Phi) is 3.57. The second-order valence-electron chi connectivity index (χ2n) is 2.79. The third-order valence-corrected chi connectivity index (χ3v) is 1.89. The Morgan fingerprint density at radius 2 is 2.00 bits per heavy atom. The highest BCUT2D eigenvalue weighted by atomic mass is 16.6. The molecule has 1 fully saturated rings. The molecule has 4 nitrogen and oxygen atoms in total. The molecule has 0 aromatic rings.